The third-order valence-corrected chi connectivity index (χ3v) is 7.49. The van der Waals surface area contributed by atoms with Crippen LogP contribution >= 0.6 is 23.1 Å². The van der Waals surface area contributed by atoms with Crippen molar-refractivity contribution in [3.8, 4) is 0 Å². The SMILES string of the molecule is C[C@@]1(c2ccccc2)NC(=O)N(NC(=O)CSc2nnc(Cc3cccs3)n2C2CC2)C1=O. The van der Waals surface area contributed by atoms with Crippen LogP contribution in [0.4, 0.5) is 4.79 Å². The van der Waals surface area contributed by atoms with Crippen molar-refractivity contribution in [1.82, 2.24) is 30.5 Å². The molecule has 2 aliphatic rings. The molecule has 2 fully saturated rings. The van der Waals surface area contributed by atoms with Crippen molar-refractivity contribution >= 4 is 40.9 Å². The van der Waals surface area contributed by atoms with E-state index in [2.05, 4.69) is 31.6 Å². The first kappa shape index (κ1) is 21.7. The zero-order chi connectivity index (χ0) is 23.0. The van der Waals surface area contributed by atoms with Crippen LogP contribution in [0.25, 0.3) is 0 Å². The number of aromatic nitrogens is 3. The van der Waals surface area contributed by atoms with Gasteiger partial charge in [0.25, 0.3) is 5.91 Å². The van der Waals surface area contributed by atoms with E-state index in [1.807, 2.05) is 17.5 Å². The Morgan fingerprint density at radius 2 is 2.00 bits per heavy atom. The molecule has 33 heavy (non-hydrogen) atoms. The second kappa shape index (κ2) is 8.64. The van der Waals surface area contributed by atoms with E-state index in [0.29, 0.717) is 23.2 Å². The highest BCUT2D eigenvalue weighted by Gasteiger charge is 2.50. The quantitative estimate of drug-likeness (QED) is 0.378. The predicted molar refractivity (Wildman–Crippen MR) is 123 cm³/mol. The maximum atomic E-state index is 12.9. The number of carbonyl (C=O) groups excluding carboxylic acids is 3. The maximum absolute atomic E-state index is 12.9. The molecule has 1 atom stereocenters. The predicted octanol–water partition coefficient (Wildman–Crippen LogP) is 2.86. The van der Waals surface area contributed by atoms with Crippen LogP contribution in [0.2, 0.25) is 0 Å². The highest BCUT2D eigenvalue weighted by Crippen LogP contribution is 2.39. The van der Waals surface area contributed by atoms with Gasteiger partial charge in [0.2, 0.25) is 5.91 Å². The molecule has 1 aliphatic heterocycles. The van der Waals surface area contributed by atoms with Crippen LogP contribution in [0.15, 0.2) is 53.0 Å². The number of nitrogens with zero attached hydrogens (tertiary/aromatic N) is 4. The second-order valence-corrected chi connectivity index (χ2v) is 10.1. The normalized spacial score (nSPS) is 20.2. The van der Waals surface area contributed by atoms with Crippen molar-refractivity contribution in [2.24, 2.45) is 0 Å². The van der Waals surface area contributed by atoms with Crippen LogP contribution in [-0.4, -0.2) is 43.4 Å². The van der Waals surface area contributed by atoms with Gasteiger partial charge in [-0.1, -0.05) is 48.2 Å². The van der Waals surface area contributed by atoms with Gasteiger partial charge < -0.3 is 9.88 Å². The fourth-order valence-electron chi connectivity index (χ4n) is 3.79. The summed E-state index contributed by atoms with van der Waals surface area (Å²) in [5, 5.41) is 14.8. The Balaban J connectivity index is 1.24. The standard InChI is InChI=1S/C22H22N6O3S2/c1-22(14-6-3-2-4-7-14)19(30)28(20(31)23-22)26-18(29)13-33-21-25-24-17(27(21)15-9-10-15)12-16-8-5-11-32-16/h2-8,11,15H,9-10,12-13H2,1H3,(H,23,31)(H,26,29)/t22-/m0/s1. The van der Waals surface area contributed by atoms with Gasteiger partial charge in [-0.05, 0) is 36.8 Å². The Morgan fingerprint density at radius 3 is 2.70 bits per heavy atom. The Labute approximate surface area is 198 Å². The highest BCUT2D eigenvalue weighted by atomic mass is 32.2. The van der Waals surface area contributed by atoms with Crippen molar-refractivity contribution in [1.29, 1.82) is 0 Å². The molecule has 3 heterocycles. The summed E-state index contributed by atoms with van der Waals surface area (Å²) in [5.41, 5.74) is 1.85. The second-order valence-electron chi connectivity index (χ2n) is 8.14. The molecule has 11 heteroatoms. The van der Waals surface area contributed by atoms with E-state index < -0.39 is 23.4 Å². The van der Waals surface area contributed by atoms with Crippen LogP contribution in [0, 0.1) is 0 Å². The summed E-state index contributed by atoms with van der Waals surface area (Å²) in [4.78, 5) is 39.2. The molecular weight excluding hydrogens is 460 g/mol. The first-order valence-corrected chi connectivity index (χ1v) is 12.4. The number of hydrogen-bond acceptors (Lipinski definition) is 7. The van der Waals surface area contributed by atoms with E-state index in [1.54, 1.807) is 42.5 Å². The minimum atomic E-state index is -1.23. The molecule has 0 spiro atoms. The van der Waals surface area contributed by atoms with Gasteiger partial charge >= 0.3 is 6.03 Å². The zero-order valence-electron chi connectivity index (χ0n) is 17.9. The van der Waals surface area contributed by atoms with Gasteiger partial charge in [-0.25, -0.2) is 4.79 Å². The molecule has 0 bridgehead atoms. The molecule has 0 unspecified atom stereocenters. The van der Waals surface area contributed by atoms with Crippen LogP contribution in [0.3, 0.4) is 0 Å². The largest absolute Gasteiger partial charge is 0.344 e. The average Bonchev–Trinajstić information content (AvgIpc) is 3.28. The maximum Gasteiger partial charge on any atom is 0.344 e. The molecule has 0 radical (unpaired) electrons. The first-order chi connectivity index (χ1) is 16.0. The number of hydrazine groups is 1. The van der Waals surface area contributed by atoms with Crippen molar-refractivity contribution in [3.63, 3.8) is 0 Å². The van der Waals surface area contributed by atoms with Crippen molar-refractivity contribution < 1.29 is 14.4 Å². The number of amides is 4. The lowest BCUT2D eigenvalue weighted by Crippen LogP contribution is -2.48. The molecule has 2 N–H and O–H groups in total. The summed E-state index contributed by atoms with van der Waals surface area (Å²) >= 11 is 2.93. The lowest BCUT2D eigenvalue weighted by Gasteiger charge is -2.22. The van der Waals surface area contributed by atoms with E-state index in [-0.39, 0.29) is 5.75 Å². The molecule has 1 saturated carbocycles. The number of thiophene rings is 1. The number of imide groups is 1. The Kier molecular flexibility index (Phi) is 5.67. The monoisotopic (exact) mass is 482 g/mol. The first-order valence-electron chi connectivity index (χ1n) is 10.6. The number of thioether (sulfide) groups is 1. The molecule has 5 rings (SSSR count). The van der Waals surface area contributed by atoms with Gasteiger partial charge in [0, 0.05) is 17.3 Å². The smallest absolute Gasteiger partial charge is 0.318 e. The summed E-state index contributed by atoms with van der Waals surface area (Å²) in [7, 11) is 0. The third kappa shape index (κ3) is 4.25. The molecular formula is C22H22N6O3S2. The van der Waals surface area contributed by atoms with E-state index >= 15 is 0 Å². The summed E-state index contributed by atoms with van der Waals surface area (Å²) in [6.45, 7) is 1.62. The average molecular weight is 483 g/mol. The molecule has 1 aliphatic carbocycles. The number of rotatable bonds is 8. The lowest BCUT2D eigenvalue weighted by atomic mass is 9.92. The van der Waals surface area contributed by atoms with Crippen LogP contribution in [0.5, 0.6) is 0 Å². The molecule has 3 aromatic rings. The van der Waals surface area contributed by atoms with Crippen LogP contribution in [-0.2, 0) is 21.5 Å². The third-order valence-electron chi connectivity index (χ3n) is 5.67. The minimum Gasteiger partial charge on any atom is -0.318 e. The van der Waals surface area contributed by atoms with E-state index in [0.717, 1.165) is 23.7 Å². The van der Waals surface area contributed by atoms with Gasteiger partial charge in [0.1, 0.15) is 11.4 Å². The van der Waals surface area contributed by atoms with Gasteiger partial charge in [-0.3, -0.25) is 15.0 Å². The fraction of sp³-hybridized carbons (Fsp3) is 0.318. The summed E-state index contributed by atoms with van der Waals surface area (Å²) in [6, 6.07) is 12.7. The molecule has 170 valence electrons. The van der Waals surface area contributed by atoms with E-state index in [9.17, 15) is 14.4 Å². The number of carbonyl (C=O) groups is 3. The topological polar surface area (TPSA) is 109 Å². The number of nitrogens with one attached hydrogen (secondary N) is 2. The Bertz CT molecular complexity index is 1190. The van der Waals surface area contributed by atoms with Crippen molar-refractivity contribution in [3.05, 3.63) is 64.1 Å². The molecule has 1 aromatic carbocycles. The molecule has 1 saturated heterocycles. The van der Waals surface area contributed by atoms with Gasteiger partial charge in [0.05, 0.1) is 5.75 Å². The minimum absolute atomic E-state index is 0.00294. The summed E-state index contributed by atoms with van der Waals surface area (Å²) < 4.78 is 2.11. The summed E-state index contributed by atoms with van der Waals surface area (Å²) in [6.07, 6.45) is 2.83. The lowest BCUT2D eigenvalue weighted by molar-refractivity contribution is -0.138. The van der Waals surface area contributed by atoms with Gasteiger partial charge in [0.15, 0.2) is 5.16 Å². The summed E-state index contributed by atoms with van der Waals surface area (Å²) in [5.74, 6) is -0.110. The number of hydrogen-bond donors (Lipinski definition) is 2. The Morgan fingerprint density at radius 1 is 1.21 bits per heavy atom. The van der Waals surface area contributed by atoms with Crippen molar-refractivity contribution in [2.45, 2.75) is 42.9 Å². The number of urea groups is 1. The molecule has 2 aromatic heterocycles. The molecule has 9 nitrogen and oxygen atoms in total. The van der Waals surface area contributed by atoms with Crippen LogP contribution in [0.1, 0.15) is 42.1 Å². The number of benzene rings is 1. The van der Waals surface area contributed by atoms with Crippen molar-refractivity contribution in [2.75, 3.05) is 5.75 Å². The molecule has 4 amide bonds. The zero-order valence-corrected chi connectivity index (χ0v) is 19.5. The highest BCUT2D eigenvalue weighted by molar-refractivity contribution is 7.99. The van der Waals surface area contributed by atoms with Crippen LogP contribution < -0.4 is 10.7 Å². The van der Waals surface area contributed by atoms with Gasteiger partial charge in [-0.15, -0.1) is 21.5 Å². The Hall–Kier alpha value is -3.18. The van der Waals surface area contributed by atoms with E-state index in [4.69, 9.17) is 0 Å². The van der Waals surface area contributed by atoms with Gasteiger partial charge in [-0.2, -0.15) is 5.01 Å². The van der Waals surface area contributed by atoms with E-state index in [1.165, 1.54) is 16.6 Å². The fourth-order valence-corrected chi connectivity index (χ4v) is 5.31.